The Hall–Kier alpha value is 0.230. The van der Waals surface area contributed by atoms with Crippen LogP contribution in [0.15, 0.2) is 29.4 Å². The highest BCUT2D eigenvalue weighted by Gasteiger charge is 1.67. The average Bonchev–Trinajstić information content (AvgIpc) is 2.22. The van der Waals surface area contributed by atoms with Gasteiger partial charge in [0.1, 0.15) is 0 Å². The topological polar surface area (TPSA) is 48.8 Å². The number of hydrogen-bond acceptors (Lipinski definition) is 1. The van der Waals surface area contributed by atoms with E-state index >= 15 is 0 Å². The van der Waals surface area contributed by atoms with Crippen LogP contribution in [0.2, 0.25) is 0 Å². The summed E-state index contributed by atoms with van der Waals surface area (Å²) >= 11 is 9.67. The average molecular weight is 390 g/mol. The second-order valence-electron chi connectivity index (χ2n) is 1.82. The lowest BCUT2D eigenvalue weighted by Crippen LogP contribution is -1.66. The van der Waals surface area contributed by atoms with Gasteiger partial charge in [-0.25, -0.2) is 0 Å². The van der Waals surface area contributed by atoms with Crippen molar-refractivity contribution < 1.29 is 0 Å². The van der Waals surface area contributed by atoms with E-state index in [1.807, 2.05) is 6.08 Å². The van der Waals surface area contributed by atoms with Crippen LogP contribution >= 0.6 is 47.8 Å². The molecule has 0 aromatic heterocycles. The van der Waals surface area contributed by atoms with Gasteiger partial charge in [-0.15, -0.1) is 0 Å². The first-order valence-corrected chi connectivity index (χ1v) is 7.18. The highest BCUT2D eigenvalue weighted by molar-refractivity contribution is 9.09. The van der Waals surface area contributed by atoms with Crippen molar-refractivity contribution in [3.8, 4) is 0 Å². The first kappa shape index (κ1) is 16.7. The summed E-state index contributed by atoms with van der Waals surface area (Å²) in [4.78, 5) is 2.57. The molecule has 0 aliphatic heterocycles. The van der Waals surface area contributed by atoms with Crippen LogP contribution in [-0.2, 0) is 0 Å². The highest BCUT2D eigenvalue weighted by Crippen LogP contribution is 1.84. The van der Waals surface area contributed by atoms with E-state index in [-0.39, 0.29) is 0 Å². The molecule has 0 fully saturated rings. The second-order valence-corrected chi connectivity index (χ2v) is 3.76. The van der Waals surface area contributed by atoms with E-state index in [4.69, 9.17) is 5.53 Å². The molecule has 14 heavy (non-hydrogen) atoms. The first-order valence-electron chi connectivity index (χ1n) is 3.82. The standard InChI is InChI=1S/C4H6Br2.C4H6BrN3/c5-3-1-2-4-6;5-3-1-2-4-7-8-6/h1-2H,3-4H2;1-2H,3-4H2/b2*2-1+. The van der Waals surface area contributed by atoms with Crippen molar-refractivity contribution in [2.45, 2.75) is 0 Å². The molecule has 0 amide bonds. The van der Waals surface area contributed by atoms with E-state index in [1.54, 1.807) is 6.08 Å². The lowest BCUT2D eigenvalue weighted by Gasteiger charge is -1.73. The third kappa shape index (κ3) is 22.8. The summed E-state index contributed by atoms with van der Waals surface area (Å²) in [6.07, 6.45) is 7.78. The molecular weight excluding hydrogens is 378 g/mol. The number of nitrogens with zero attached hydrogens (tertiary/aromatic N) is 3. The third-order valence-electron chi connectivity index (χ3n) is 0.851. The van der Waals surface area contributed by atoms with Gasteiger partial charge in [-0.3, -0.25) is 0 Å². The Kier molecular flexibility index (Phi) is 22.5. The van der Waals surface area contributed by atoms with E-state index in [2.05, 4.69) is 70.0 Å². The molecule has 0 unspecified atom stereocenters. The summed E-state index contributed by atoms with van der Waals surface area (Å²) in [5.74, 6) is 0. The zero-order chi connectivity index (χ0) is 11.1. The quantitative estimate of drug-likeness (QED) is 0.217. The van der Waals surface area contributed by atoms with Crippen LogP contribution in [0.25, 0.3) is 10.4 Å². The van der Waals surface area contributed by atoms with Gasteiger partial charge >= 0.3 is 0 Å². The second kappa shape index (κ2) is 18.9. The normalized spacial score (nSPS) is 9.64. The van der Waals surface area contributed by atoms with Gasteiger partial charge in [-0.2, -0.15) is 0 Å². The van der Waals surface area contributed by atoms with Crippen molar-refractivity contribution in [1.29, 1.82) is 0 Å². The van der Waals surface area contributed by atoms with Crippen LogP contribution < -0.4 is 0 Å². The predicted octanol–water partition coefficient (Wildman–Crippen LogP) is 4.58. The molecule has 0 N–H and O–H groups in total. The monoisotopic (exact) mass is 387 g/mol. The van der Waals surface area contributed by atoms with E-state index in [1.165, 1.54) is 0 Å². The van der Waals surface area contributed by atoms with Crippen molar-refractivity contribution in [1.82, 2.24) is 0 Å². The maximum atomic E-state index is 7.78. The van der Waals surface area contributed by atoms with Crippen LogP contribution in [0.4, 0.5) is 0 Å². The first-order chi connectivity index (χ1) is 6.83. The Balaban J connectivity index is 0. The lowest BCUT2D eigenvalue weighted by molar-refractivity contribution is 1.21. The fourth-order valence-corrected chi connectivity index (χ4v) is 1.14. The number of halogens is 3. The molecule has 0 bridgehead atoms. The summed E-state index contributed by atoms with van der Waals surface area (Å²) in [5.41, 5.74) is 7.78. The van der Waals surface area contributed by atoms with Crippen molar-refractivity contribution in [2.24, 2.45) is 5.11 Å². The smallest absolute Gasteiger partial charge is 0.0440 e. The predicted molar refractivity (Wildman–Crippen MR) is 73.7 cm³/mol. The van der Waals surface area contributed by atoms with E-state index in [9.17, 15) is 0 Å². The van der Waals surface area contributed by atoms with Crippen LogP contribution in [0.1, 0.15) is 0 Å². The molecular formula is C8H12Br3N3. The minimum Gasteiger partial charge on any atom is -0.0899 e. The largest absolute Gasteiger partial charge is 0.0899 e. The van der Waals surface area contributed by atoms with Gasteiger partial charge in [0.2, 0.25) is 0 Å². The van der Waals surface area contributed by atoms with Gasteiger partial charge in [-0.1, -0.05) is 77.2 Å². The SMILES string of the molecule is BrC/C=C/CBr.[N-]=[N+]=NC/C=C/CBr. The van der Waals surface area contributed by atoms with E-state index in [0.717, 1.165) is 16.0 Å². The molecule has 6 heteroatoms. The lowest BCUT2D eigenvalue weighted by atomic mass is 10.5. The van der Waals surface area contributed by atoms with E-state index in [0.29, 0.717) is 6.54 Å². The summed E-state index contributed by atoms with van der Waals surface area (Å²) in [7, 11) is 0. The van der Waals surface area contributed by atoms with Gasteiger partial charge in [0.25, 0.3) is 0 Å². The molecule has 0 rings (SSSR count). The molecule has 0 aliphatic rings. The molecule has 0 saturated heterocycles. The van der Waals surface area contributed by atoms with Crippen LogP contribution in [0, 0.1) is 0 Å². The molecule has 80 valence electrons. The van der Waals surface area contributed by atoms with Crippen molar-refractivity contribution in [2.75, 3.05) is 22.5 Å². The van der Waals surface area contributed by atoms with Crippen molar-refractivity contribution >= 4 is 47.8 Å². The number of allylic oxidation sites excluding steroid dienone is 3. The number of rotatable bonds is 5. The molecule has 0 saturated carbocycles. The summed E-state index contributed by atoms with van der Waals surface area (Å²) in [6.45, 7) is 0.447. The highest BCUT2D eigenvalue weighted by atomic mass is 79.9. The Labute approximate surface area is 110 Å². The summed E-state index contributed by atoms with van der Waals surface area (Å²) < 4.78 is 0. The van der Waals surface area contributed by atoms with Crippen LogP contribution in [0.3, 0.4) is 0 Å². The van der Waals surface area contributed by atoms with Gasteiger partial charge < -0.3 is 0 Å². The molecule has 0 atom stereocenters. The molecule has 0 spiro atoms. The molecule has 3 nitrogen and oxygen atoms in total. The van der Waals surface area contributed by atoms with Crippen LogP contribution in [-0.4, -0.2) is 22.5 Å². The molecule has 0 aliphatic carbocycles. The van der Waals surface area contributed by atoms with Gasteiger partial charge in [0, 0.05) is 27.4 Å². The van der Waals surface area contributed by atoms with Gasteiger partial charge in [0.05, 0.1) is 0 Å². The fraction of sp³-hybridized carbons (Fsp3) is 0.500. The van der Waals surface area contributed by atoms with Crippen molar-refractivity contribution in [3.63, 3.8) is 0 Å². The minimum absolute atomic E-state index is 0.447. The van der Waals surface area contributed by atoms with Gasteiger partial charge in [0.15, 0.2) is 0 Å². The Bertz CT molecular complexity index is 192. The molecule has 0 aromatic rings. The number of alkyl halides is 3. The fourth-order valence-electron chi connectivity index (χ4n) is 0.347. The zero-order valence-corrected chi connectivity index (χ0v) is 12.4. The molecule has 0 aromatic carbocycles. The Morgan fingerprint density at radius 1 is 0.929 bits per heavy atom. The van der Waals surface area contributed by atoms with Gasteiger partial charge in [-0.05, 0) is 5.53 Å². The minimum atomic E-state index is 0.447. The van der Waals surface area contributed by atoms with E-state index < -0.39 is 0 Å². The number of azide groups is 1. The maximum Gasteiger partial charge on any atom is 0.0440 e. The van der Waals surface area contributed by atoms with Crippen molar-refractivity contribution in [3.05, 3.63) is 34.7 Å². The molecule has 0 heterocycles. The summed E-state index contributed by atoms with van der Waals surface area (Å²) in [6, 6.07) is 0. The van der Waals surface area contributed by atoms with Crippen LogP contribution in [0.5, 0.6) is 0 Å². The Morgan fingerprint density at radius 2 is 1.36 bits per heavy atom. The zero-order valence-electron chi connectivity index (χ0n) is 7.61. The Morgan fingerprint density at radius 3 is 1.71 bits per heavy atom. The molecule has 0 radical (unpaired) electrons. The maximum absolute atomic E-state index is 7.78. The summed E-state index contributed by atoms with van der Waals surface area (Å²) in [5, 5.41) is 6.01. The third-order valence-corrected chi connectivity index (χ3v) is 1.97. The number of hydrogen-bond donors (Lipinski definition) is 0.